The molecule has 96 valence electrons. The Bertz CT molecular complexity index is 611. The second-order valence-corrected chi connectivity index (χ2v) is 5.47. The van der Waals surface area contributed by atoms with Gasteiger partial charge < -0.3 is 10.5 Å². The Balaban J connectivity index is 2.48. The topological polar surface area (TPSA) is 57.2 Å². The molecule has 0 saturated carbocycles. The summed E-state index contributed by atoms with van der Waals surface area (Å²) in [6.07, 6.45) is 1.20. The van der Waals surface area contributed by atoms with E-state index in [9.17, 15) is 4.79 Å². The Morgan fingerprint density at radius 1 is 1.33 bits per heavy atom. The molecule has 0 aliphatic carbocycles. The summed E-state index contributed by atoms with van der Waals surface area (Å²) in [6, 6.07) is 5.17. The number of nitrogen functional groups attached to an aromatic ring is 1. The molecule has 0 radical (unpaired) electrons. The van der Waals surface area contributed by atoms with Crippen molar-refractivity contribution in [3.05, 3.63) is 29.4 Å². The van der Waals surface area contributed by atoms with Gasteiger partial charge in [0.1, 0.15) is 5.60 Å². The molecule has 0 amide bonds. The molecule has 0 saturated heterocycles. The number of rotatable bonds is 0. The third kappa shape index (κ3) is 2.29. The van der Waals surface area contributed by atoms with E-state index >= 15 is 0 Å². The molecule has 1 aromatic carbocycles. The molecule has 4 nitrogen and oxygen atoms in total. The quantitative estimate of drug-likeness (QED) is 0.741. The van der Waals surface area contributed by atoms with Crippen molar-refractivity contribution in [2.24, 2.45) is 0 Å². The molecule has 1 heterocycles. The Morgan fingerprint density at radius 2 is 2.00 bits per heavy atom. The molecule has 0 unspecified atom stereocenters. The Hall–Kier alpha value is -1.68. The van der Waals surface area contributed by atoms with Crippen molar-refractivity contribution in [3.63, 3.8) is 0 Å². The van der Waals surface area contributed by atoms with Crippen LogP contribution in [0.5, 0.6) is 0 Å². The van der Waals surface area contributed by atoms with Crippen LogP contribution in [0.25, 0.3) is 10.9 Å². The largest absolute Gasteiger partial charge is 0.443 e. The normalized spacial score (nSPS) is 11.8. The van der Waals surface area contributed by atoms with Crippen LogP contribution in [-0.2, 0) is 4.74 Å². The van der Waals surface area contributed by atoms with E-state index in [4.69, 9.17) is 22.1 Å². The minimum Gasteiger partial charge on any atom is -0.443 e. The minimum absolute atomic E-state index is 0.431. The Kier molecular flexibility index (Phi) is 2.99. The van der Waals surface area contributed by atoms with Gasteiger partial charge in [-0.1, -0.05) is 11.6 Å². The summed E-state index contributed by atoms with van der Waals surface area (Å²) in [5.41, 5.74) is 6.48. The first-order valence-corrected chi connectivity index (χ1v) is 5.96. The number of ether oxygens (including phenoxy) is 1. The van der Waals surface area contributed by atoms with Crippen molar-refractivity contribution in [1.29, 1.82) is 0 Å². The average molecular weight is 267 g/mol. The number of carbonyl (C=O) groups excluding carboxylic acids is 1. The predicted octanol–water partition coefficient (Wildman–Crippen LogP) is 3.66. The van der Waals surface area contributed by atoms with E-state index in [2.05, 4.69) is 0 Å². The van der Waals surface area contributed by atoms with Crippen molar-refractivity contribution < 1.29 is 9.53 Å². The second kappa shape index (κ2) is 4.21. The van der Waals surface area contributed by atoms with Gasteiger partial charge in [-0.05, 0) is 39.0 Å². The van der Waals surface area contributed by atoms with Gasteiger partial charge in [0.25, 0.3) is 0 Å². The number of fused-ring (bicyclic) bond motifs is 1. The van der Waals surface area contributed by atoms with Crippen LogP contribution in [0.15, 0.2) is 24.4 Å². The van der Waals surface area contributed by atoms with Crippen LogP contribution in [0.1, 0.15) is 20.8 Å². The first kappa shape index (κ1) is 12.8. The zero-order valence-corrected chi connectivity index (χ0v) is 11.3. The van der Waals surface area contributed by atoms with Gasteiger partial charge in [-0.15, -0.1) is 0 Å². The molecule has 1 aromatic heterocycles. The molecule has 2 rings (SSSR count). The highest BCUT2D eigenvalue weighted by atomic mass is 35.5. The smallest absolute Gasteiger partial charge is 0.418 e. The molecule has 0 fully saturated rings. The summed E-state index contributed by atoms with van der Waals surface area (Å²) in [5, 5.41) is 1.22. The fourth-order valence-electron chi connectivity index (χ4n) is 1.68. The SMILES string of the molecule is CC(C)(C)OC(=O)n1ccc2c(N)c(Cl)ccc21. The van der Waals surface area contributed by atoms with Crippen LogP contribution < -0.4 is 5.73 Å². The van der Waals surface area contributed by atoms with E-state index < -0.39 is 11.7 Å². The minimum atomic E-state index is -0.536. The van der Waals surface area contributed by atoms with Crippen molar-refractivity contribution in [1.82, 2.24) is 4.57 Å². The standard InChI is InChI=1S/C13H15ClN2O2/c1-13(2,3)18-12(17)16-7-6-8-10(16)5-4-9(14)11(8)15/h4-7H,15H2,1-3H3. The van der Waals surface area contributed by atoms with Crippen molar-refractivity contribution >= 4 is 34.3 Å². The number of nitrogens with two attached hydrogens (primary N) is 1. The van der Waals surface area contributed by atoms with Crippen molar-refractivity contribution in [3.8, 4) is 0 Å². The van der Waals surface area contributed by atoms with Gasteiger partial charge >= 0.3 is 6.09 Å². The number of aromatic nitrogens is 1. The maximum absolute atomic E-state index is 12.0. The maximum Gasteiger partial charge on any atom is 0.418 e. The van der Waals surface area contributed by atoms with Gasteiger partial charge in [0.2, 0.25) is 0 Å². The third-order valence-corrected chi connectivity index (χ3v) is 2.78. The highest BCUT2D eigenvalue weighted by molar-refractivity contribution is 6.34. The number of anilines is 1. The molecule has 0 aliphatic heterocycles. The summed E-state index contributed by atoms with van der Waals surface area (Å²) >= 11 is 5.93. The molecule has 0 spiro atoms. The molecule has 0 aliphatic rings. The van der Waals surface area contributed by atoms with Crippen molar-refractivity contribution in [2.75, 3.05) is 5.73 Å². The molecule has 18 heavy (non-hydrogen) atoms. The van der Waals surface area contributed by atoms with Crippen LogP contribution in [0.4, 0.5) is 10.5 Å². The lowest BCUT2D eigenvalue weighted by Gasteiger charge is -2.19. The van der Waals surface area contributed by atoms with Crippen molar-refractivity contribution in [2.45, 2.75) is 26.4 Å². The van der Waals surface area contributed by atoms with E-state index in [-0.39, 0.29) is 0 Å². The fourth-order valence-corrected chi connectivity index (χ4v) is 1.85. The maximum atomic E-state index is 12.0. The highest BCUT2D eigenvalue weighted by Crippen LogP contribution is 2.29. The number of hydrogen-bond acceptors (Lipinski definition) is 3. The summed E-state index contributed by atoms with van der Waals surface area (Å²) in [5.74, 6) is 0. The molecular formula is C13H15ClN2O2. The number of nitrogens with zero attached hydrogens (tertiary/aromatic N) is 1. The first-order chi connectivity index (χ1) is 8.29. The summed E-state index contributed by atoms with van der Waals surface area (Å²) in [7, 11) is 0. The third-order valence-electron chi connectivity index (χ3n) is 2.45. The van der Waals surface area contributed by atoms with E-state index in [1.807, 2.05) is 20.8 Å². The first-order valence-electron chi connectivity index (χ1n) is 5.58. The van der Waals surface area contributed by atoms with Crippen LogP contribution in [0.2, 0.25) is 5.02 Å². The van der Waals surface area contributed by atoms with E-state index in [0.717, 1.165) is 5.39 Å². The van der Waals surface area contributed by atoms with Gasteiger partial charge in [-0.2, -0.15) is 0 Å². The number of halogens is 1. The van der Waals surface area contributed by atoms with E-state index in [1.54, 1.807) is 24.4 Å². The lowest BCUT2D eigenvalue weighted by atomic mass is 10.2. The van der Waals surface area contributed by atoms with Gasteiger partial charge in [-0.3, -0.25) is 4.57 Å². The van der Waals surface area contributed by atoms with Gasteiger partial charge in [0.15, 0.2) is 0 Å². The summed E-state index contributed by atoms with van der Waals surface area (Å²) < 4.78 is 6.73. The van der Waals surface area contributed by atoms with Crippen LogP contribution in [-0.4, -0.2) is 16.3 Å². The second-order valence-electron chi connectivity index (χ2n) is 5.06. The molecular weight excluding hydrogens is 252 g/mol. The molecule has 0 bridgehead atoms. The summed E-state index contributed by atoms with van der Waals surface area (Å²) in [4.78, 5) is 12.0. The zero-order chi connectivity index (χ0) is 13.5. The van der Waals surface area contributed by atoms with E-state index in [1.165, 1.54) is 4.57 Å². The lowest BCUT2D eigenvalue weighted by Crippen LogP contribution is -2.26. The Morgan fingerprint density at radius 3 is 2.61 bits per heavy atom. The van der Waals surface area contributed by atoms with Gasteiger partial charge in [-0.25, -0.2) is 4.79 Å². The summed E-state index contributed by atoms with van der Waals surface area (Å²) in [6.45, 7) is 5.46. The Labute approximate surface area is 110 Å². The average Bonchev–Trinajstić information content (AvgIpc) is 2.65. The molecule has 2 aromatic rings. The number of carbonyl (C=O) groups is 1. The van der Waals surface area contributed by atoms with Gasteiger partial charge in [0, 0.05) is 11.6 Å². The van der Waals surface area contributed by atoms with E-state index in [0.29, 0.717) is 16.2 Å². The molecule has 2 N–H and O–H groups in total. The van der Waals surface area contributed by atoms with Crippen LogP contribution >= 0.6 is 11.6 Å². The molecule has 5 heteroatoms. The monoisotopic (exact) mass is 266 g/mol. The zero-order valence-electron chi connectivity index (χ0n) is 10.5. The number of benzene rings is 1. The number of hydrogen-bond donors (Lipinski definition) is 1. The lowest BCUT2D eigenvalue weighted by molar-refractivity contribution is 0.0544. The highest BCUT2D eigenvalue weighted by Gasteiger charge is 2.19. The predicted molar refractivity (Wildman–Crippen MR) is 73.0 cm³/mol. The van der Waals surface area contributed by atoms with Crippen LogP contribution in [0, 0.1) is 0 Å². The molecule has 0 atom stereocenters. The van der Waals surface area contributed by atoms with Crippen LogP contribution in [0.3, 0.4) is 0 Å². The fraction of sp³-hybridized carbons (Fsp3) is 0.308. The van der Waals surface area contributed by atoms with Gasteiger partial charge in [0.05, 0.1) is 16.2 Å².